The second-order valence-corrected chi connectivity index (χ2v) is 6.10. The molecule has 0 saturated heterocycles. The molecule has 0 spiro atoms. The molecule has 5 nitrogen and oxygen atoms in total. The first-order chi connectivity index (χ1) is 7.93. The van der Waals surface area contributed by atoms with E-state index < -0.39 is 0 Å². The Morgan fingerprint density at radius 3 is 2.47 bits per heavy atom. The Morgan fingerprint density at radius 2 is 2.00 bits per heavy atom. The van der Waals surface area contributed by atoms with Gasteiger partial charge >= 0.3 is 0 Å². The number of imidazole rings is 1. The van der Waals surface area contributed by atoms with Gasteiger partial charge in [-0.15, -0.1) is 0 Å². The van der Waals surface area contributed by atoms with Crippen molar-refractivity contribution in [3.63, 3.8) is 0 Å². The highest BCUT2D eigenvalue weighted by Crippen LogP contribution is 2.27. The lowest BCUT2D eigenvalue weighted by molar-refractivity contribution is 0.518. The van der Waals surface area contributed by atoms with E-state index in [1.807, 2.05) is 16.2 Å². The fourth-order valence-corrected chi connectivity index (χ4v) is 2.48. The fourth-order valence-electron chi connectivity index (χ4n) is 1.61. The molecule has 0 aliphatic rings. The molecule has 2 heterocycles. The molecule has 2 aromatic heterocycles. The lowest BCUT2D eigenvalue weighted by Gasteiger charge is -2.12. The first-order valence-corrected chi connectivity index (χ1v) is 7.32. The van der Waals surface area contributed by atoms with Crippen molar-refractivity contribution in [3.8, 4) is 5.82 Å². The number of hydrogen-bond acceptors (Lipinski definition) is 3. The molecular formula is C10H13I2N5. The van der Waals surface area contributed by atoms with Crippen molar-refractivity contribution in [2.45, 2.75) is 26.8 Å². The van der Waals surface area contributed by atoms with Crippen LogP contribution in [-0.2, 0) is 0 Å². The van der Waals surface area contributed by atoms with Crippen LogP contribution in [0.5, 0.6) is 0 Å². The van der Waals surface area contributed by atoms with E-state index in [1.165, 1.54) is 0 Å². The molecule has 0 radical (unpaired) electrons. The first kappa shape index (κ1) is 13.1. The van der Waals surface area contributed by atoms with Crippen molar-refractivity contribution in [2.75, 3.05) is 5.73 Å². The summed E-state index contributed by atoms with van der Waals surface area (Å²) in [7, 11) is 0. The predicted octanol–water partition coefficient (Wildman–Crippen LogP) is 2.75. The van der Waals surface area contributed by atoms with Gasteiger partial charge in [-0.05, 0) is 66.0 Å². The van der Waals surface area contributed by atoms with Gasteiger partial charge in [0.15, 0.2) is 5.82 Å². The third-order valence-electron chi connectivity index (χ3n) is 2.49. The summed E-state index contributed by atoms with van der Waals surface area (Å²) in [6.07, 6.45) is 1.79. The first-order valence-electron chi connectivity index (χ1n) is 5.16. The average molecular weight is 457 g/mol. The number of aromatic nitrogens is 4. The standard InChI is InChI=1S/C10H13I2N5/c1-5(2)17-10(7(13)6(3)15-17)16-4-14-8(11)9(16)12/h4-5H,13H2,1-3H3. The summed E-state index contributed by atoms with van der Waals surface area (Å²) in [5, 5.41) is 4.47. The zero-order valence-corrected chi connectivity index (χ0v) is 14.1. The molecule has 0 aromatic carbocycles. The smallest absolute Gasteiger partial charge is 0.161 e. The molecular weight excluding hydrogens is 444 g/mol. The lowest BCUT2D eigenvalue weighted by Crippen LogP contribution is -2.11. The van der Waals surface area contributed by atoms with Crippen molar-refractivity contribution >= 4 is 50.9 Å². The van der Waals surface area contributed by atoms with Crippen molar-refractivity contribution in [1.29, 1.82) is 0 Å². The van der Waals surface area contributed by atoms with Gasteiger partial charge in [0.2, 0.25) is 0 Å². The maximum Gasteiger partial charge on any atom is 0.161 e. The summed E-state index contributed by atoms with van der Waals surface area (Å²) in [5.41, 5.74) is 7.68. The minimum Gasteiger partial charge on any atom is -0.394 e. The number of nitrogens with two attached hydrogens (primary N) is 1. The normalized spacial score (nSPS) is 11.4. The fraction of sp³-hybridized carbons (Fsp3) is 0.400. The van der Waals surface area contributed by atoms with E-state index in [2.05, 4.69) is 69.1 Å². The lowest BCUT2D eigenvalue weighted by atomic mass is 10.3. The summed E-state index contributed by atoms with van der Waals surface area (Å²) in [6.45, 7) is 6.10. The molecule has 0 atom stereocenters. The Labute approximate surface area is 127 Å². The molecule has 0 aliphatic carbocycles. The highest BCUT2D eigenvalue weighted by atomic mass is 127. The molecule has 7 heteroatoms. The van der Waals surface area contributed by atoms with Crippen LogP contribution < -0.4 is 5.73 Å². The van der Waals surface area contributed by atoms with Gasteiger partial charge in [-0.1, -0.05) is 0 Å². The quantitative estimate of drug-likeness (QED) is 0.707. The van der Waals surface area contributed by atoms with E-state index in [4.69, 9.17) is 5.73 Å². The largest absolute Gasteiger partial charge is 0.394 e. The molecule has 0 unspecified atom stereocenters. The maximum absolute atomic E-state index is 6.11. The van der Waals surface area contributed by atoms with E-state index >= 15 is 0 Å². The summed E-state index contributed by atoms with van der Waals surface area (Å²) < 4.78 is 5.94. The van der Waals surface area contributed by atoms with Gasteiger partial charge < -0.3 is 5.73 Å². The number of aryl methyl sites for hydroxylation is 1. The van der Waals surface area contributed by atoms with Gasteiger partial charge in [0.1, 0.15) is 13.7 Å². The average Bonchev–Trinajstić information content (AvgIpc) is 2.73. The number of nitrogen functional groups attached to an aromatic ring is 1. The second-order valence-electron chi connectivity index (χ2n) is 4.06. The molecule has 0 saturated carbocycles. The Bertz CT molecular complexity index is 555. The summed E-state index contributed by atoms with van der Waals surface area (Å²) in [5.74, 6) is 0.900. The molecule has 17 heavy (non-hydrogen) atoms. The van der Waals surface area contributed by atoms with Crippen molar-refractivity contribution in [1.82, 2.24) is 19.3 Å². The van der Waals surface area contributed by atoms with Crippen LogP contribution in [0.1, 0.15) is 25.6 Å². The zero-order valence-electron chi connectivity index (χ0n) is 9.78. The van der Waals surface area contributed by atoms with Crippen LogP contribution in [0.3, 0.4) is 0 Å². The number of rotatable bonds is 2. The topological polar surface area (TPSA) is 61.7 Å². The van der Waals surface area contributed by atoms with Crippen LogP contribution in [0.4, 0.5) is 5.69 Å². The molecule has 2 rings (SSSR count). The van der Waals surface area contributed by atoms with Crippen LogP contribution in [0.25, 0.3) is 5.82 Å². The molecule has 2 N–H and O–H groups in total. The van der Waals surface area contributed by atoms with Gasteiger partial charge in [-0.3, -0.25) is 4.57 Å². The minimum atomic E-state index is 0.261. The maximum atomic E-state index is 6.11. The van der Waals surface area contributed by atoms with Crippen LogP contribution in [0.15, 0.2) is 6.33 Å². The van der Waals surface area contributed by atoms with E-state index in [0.29, 0.717) is 5.69 Å². The van der Waals surface area contributed by atoms with Gasteiger partial charge in [0, 0.05) is 6.04 Å². The van der Waals surface area contributed by atoms with Crippen molar-refractivity contribution < 1.29 is 0 Å². The highest BCUT2D eigenvalue weighted by molar-refractivity contribution is 14.1. The van der Waals surface area contributed by atoms with E-state index in [9.17, 15) is 0 Å². The Morgan fingerprint density at radius 1 is 1.35 bits per heavy atom. The summed E-state index contributed by atoms with van der Waals surface area (Å²) >= 11 is 4.48. The van der Waals surface area contributed by atoms with Gasteiger partial charge in [0.05, 0.1) is 11.4 Å². The summed E-state index contributed by atoms with van der Waals surface area (Å²) in [4.78, 5) is 4.29. The predicted molar refractivity (Wildman–Crippen MR) is 84.3 cm³/mol. The summed E-state index contributed by atoms with van der Waals surface area (Å²) in [6, 6.07) is 0.261. The van der Waals surface area contributed by atoms with Crippen molar-refractivity contribution in [3.05, 3.63) is 19.4 Å². The third-order valence-corrected chi connectivity index (χ3v) is 5.34. The minimum absolute atomic E-state index is 0.261. The Kier molecular flexibility index (Phi) is 3.66. The number of nitrogens with zero attached hydrogens (tertiary/aromatic N) is 4. The SMILES string of the molecule is Cc1nn(C(C)C)c(-n2cnc(I)c2I)c1N. The molecule has 0 amide bonds. The third kappa shape index (κ3) is 2.18. The van der Waals surface area contributed by atoms with E-state index in [1.54, 1.807) is 6.33 Å². The van der Waals surface area contributed by atoms with Crippen molar-refractivity contribution in [2.24, 2.45) is 0 Å². The molecule has 2 aromatic rings. The van der Waals surface area contributed by atoms with Crippen LogP contribution >= 0.6 is 45.2 Å². The zero-order chi connectivity index (χ0) is 12.7. The van der Waals surface area contributed by atoms with Crippen LogP contribution in [-0.4, -0.2) is 19.3 Å². The molecule has 92 valence electrons. The number of hydrogen-bond donors (Lipinski definition) is 1. The van der Waals surface area contributed by atoms with Gasteiger partial charge in [0.25, 0.3) is 0 Å². The van der Waals surface area contributed by atoms with E-state index in [-0.39, 0.29) is 6.04 Å². The Hall–Kier alpha value is -0.320. The van der Waals surface area contributed by atoms with Crippen LogP contribution in [0, 0.1) is 14.3 Å². The van der Waals surface area contributed by atoms with Crippen LogP contribution in [0.2, 0.25) is 0 Å². The molecule has 0 bridgehead atoms. The second kappa shape index (κ2) is 4.75. The number of halogens is 2. The Balaban J connectivity index is 2.70. The number of anilines is 1. The van der Waals surface area contributed by atoms with Gasteiger partial charge in [-0.2, -0.15) is 5.10 Å². The van der Waals surface area contributed by atoms with E-state index in [0.717, 1.165) is 18.9 Å². The van der Waals surface area contributed by atoms with Gasteiger partial charge in [-0.25, -0.2) is 9.67 Å². The molecule has 0 aliphatic heterocycles. The molecule has 0 fully saturated rings. The monoisotopic (exact) mass is 457 g/mol. The highest BCUT2D eigenvalue weighted by Gasteiger charge is 2.19.